The van der Waals surface area contributed by atoms with E-state index < -0.39 is 0 Å². The number of carbonyl (C=O) groups excluding carboxylic acids is 1. The van der Waals surface area contributed by atoms with Gasteiger partial charge in [-0.05, 0) is 12.8 Å². The minimum Gasteiger partial charge on any atom is -0.396 e. The summed E-state index contributed by atoms with van der Waals surface area (Å²) in [5, 5.41) is 17.9. The third kappa shape index (κ3) is 3.62. The van der Waals surface area contributed by atoms with Gasteiger partial charge in [-0.3, -0.25) is 4.79 Å². The average molecular weight is 335 g/mol. The molecule has 1 fully saturated rings. The van der Waals surface area contributed by atoms with Crippen LogP contribution in [0.1, 0.15) is 44.3 Å². The van der Waals surface area contributed by atoms with Crippen molar-refractivity contribution < 1.29 is 9.90 Å². The SMILES string of the molecule is CC(C)C(=O)N1CCC(c2nnc3n2CCN(CCCO)CC3)C1. The molecule has 0 radical (unpaired) electrons. The number of aliphatic hydroxyl groups is 1. The van der Waals surface area contributed by atoms with Crippen molar-refractivity contribution in [3.05, 3.63) is 11.6 Å². The van der Waals surface area contributed by atoms with Gasteiger partial charge in [-0.2, -0.15) is 0 Å². The maximum Gasteiger partial charge on any atom is 0.225 e. The topological polar surface area (TPSA) is 74.5 Å². The van der Waals surface area contributed by atoms with E-state index in [4.69, 9.17) is 5.11 Å². The average Bonchev–Trinajstić information content (AvgIpc) is 3.15. The van der Waals surface area contributed by atoms with Crippen molar-refractivity contribution in [3.63, 3.8) is 0 Å². The van der Waals surface area contributed by atoms with Crippen LogP contribution in [0.4, 0.5) is 0 Å². The molecule has 0 bridgehead atoms. The summed E-state index contributed by atoms with van der Waals surface area (Å²) >= 11 is 0. The Balaban J connectivity index is 1.66. The van der Waals surface area contributed by atoms with Crippen molar-refractivity contribution in [3.8, 4) is 0 Å². The molecule has 1 unspecified atom stereocenters. The van der Waals surface area contributed by atoms with Gasteiger partial charge in [0.05, 0.1) is 0 Å². The summed E-state index contributed by atoms with van der Waals surface area (Å²) in [6, 6.07) is 0. The Morgan fingerprint density at radius 1 is 1.25 bits per heavy atom. The normalized spacial score (nSPS) is 22.0. The van der Waals surface area contributed by atoms with Gasteiger partial charge in [-0.1, -0.05) is 13.8 Å². The van der Waals surface area contributed by atoms with Crippen molar-refractivity contribution in [2.24, 2.45) is 5.92 Å². The van der Waals surface area contributed by atoms with E-state index in [0.717, 1.165) is 70.2 Å². The maximum absolute atomic E-state index is 12.2. The van der Waals surface area contributed by atoms with Gasteiger partial charge in [0, 0.05) is 64.1 Å². The molecule has 1 atom stereocenters. The van der Waals surface area contributed by atoms with E-state index in [2.05, 4.69) is 19.7 Å². The summed E-state index contributed by atoms with van der Waals surface area (Å²) in [6.45, 7) is 9.53. The van der Waals surface area contributed by atoms with Crippen molar-refractivity contribution in [2.45, 2.75) is 45.6 Å². The predicted octanol–water partition coefficient (Wildman–Crippen LogP) is 0.491. The molecular weight excluding hydrogens is 306 g/mol. The molecule has 1 N–H and O–H groups in total. The Labute approximate surface area is 143 Å². The number of amides is 1. The lowest BCUT2D eigenvalue weighted by atomic mass is 10.1. The molecule has 2 aliphatic heterocycles. The first-order valence-corrected chi connectivity index (χ1v) is 9.14. The Morgan fingerprint density at radius 3 is 2.83 bits per heavy atom. The van der Waals surface area contributed by atoms with Gasteiger partial charge in [-0.15, -0.1) is 10.2 Å². The highest BCUT2D eigenvalue weighted by Crippen LogP contribution is 2.28. The summed E-state index contributed by atoms with van der Waals surface area (Å²) < 4.78 is 2.27. The van der Waals surface area contributed by atoms with E-state index in [9.17, 15) is 4.79 Å². The van der Waals surface area contributed by atoms with Crippen LogP contribution in [0, 0.1) is 5.92 Å². The van der Waals surface area contributed by atoms with Gasteiger partial charge in [0.15, 0.2) is 0 Å². The minimum atomic E-state index is 0.0550. The third-order valence-corrected chi connectivity index (χ3v) is 5.14. The number of fused-ring (bicyclic) bond motifs is 1. The molecule has 24 heavy (non-hydrogen) atoms. The first-order valence-electron chi connectivity index (χ1n) is 9.14. The van der Waals surface area contributed by atoms with Crippen LogP contribution in [0.15, 0.2) is 0 Å². The van der Waals surface area contributed by atoms with E-state index in [0.29, 0.717) is 5.92 Å². The zero-order chi connectivity index (χ0) is 17.1. The Kier molecular flexibility index (Phi) is 5.50. The lowest BCUT2D eigenvalue weighted by molar-refractivity contribution is -0.133. The van der Waals surface area contributed by atoms with E-state index >= 15 is 0 Å². The fourth-order valence-electron chi connectivity index (χ4n) is 3.75. The number of nitrogens with zero attached hydrogens (tertiary/aromatic N) is 5. The summed E-state index contributed by atoms with van der Waals surface area (Å²) in [5.74, 6) is 2.71. The van der Waals surface area contributed by atoms with Crippen molar-refractivity contribution in [1.82, 2.24) is 24.6 Å². The summed E-state index contributed by atoms with van der Waals surface area (Å²) in [5.41, 5.74) is 0. The molecule has 3 rings (SSSR count). The largest absolute Gasteiger partial charge is 0.396 e. The van der Waals surface area contributed by atoms with Crippen LogP contribution in [0.5, 0.6) is 0 Å². The monoisotopic (exact) mass is 335 g/mol. The quantitative estimate of drug-likeness (QED) is 0.848. The molecule has 7 nitrogen and oxygen atoms in total. The zero-order valence-electron chi connectivity index (χ0n) is 14.8. The first-order chi connectivity index (χ1) is 11.6. The Bertz CT molecular complexity index is 571. The minimum absolute atomic E-state index is 0.0550. The fraction of sp³-hybridized carbons (Fsp3) is 0.824. The Hall–Kier alpha value is -1.47. The summed E-state index contributed by atoms with van der Waals surface area (Å²) in [6.07, 6.45) is 2.70. The van der Waals surface area contributed by atoms with Crippen LogP contribution < -0.4 is 0 Å². The Morgan fingerprint density at radius 2 is 2.08 bits per heavy atom. The fourth-order valence-corrected chi connectivity index (χ4v) is 3.75. The number of carbonyl (C=O) groups is 1. The molecule has 1 saturated heterocycles. The standard InChI is InChI=1S/C17H29N5O2/c1-13(2)17(24)21-8-4-14(12-21)16-19-18-15-5-7-20(6-3-11-23)9-10-22(15)16/h13-14,23H,3-12H2,1-2H3. The number of hydrogen-bond donors (Lipinski definition) is 1. The van der Waals surface area contributed by atoms with Gasteiger partial charge >= 0.3 is 0 Å². The molecule has 0 aromatic carbocycles. The van der Waals surface area contributed by atoms with E-state index in [1.165, 1.54) is 0 Å². The van der Waals surface area contributed by atoms with Gasteiger partial charge in [-0.25, -0.2) is 0 Å². The molecular formula is C17H29N5O2. The van der Waals surface area contributed by atoms with Gasteiger partial charge < -0.3 is 19.5 Å². The smallest absolute Gasteiger partial charge is 0.225 e. The maximum atomic E-state index is 12.2. The molecule has 0 aliphatic carbocycles. The lowest BCUT2D eigenvalue weighted by Gasteiger charge is -2.20. The molecule has 7 heteroatoms. The molecule has 1 amide bonds. The van der Waals surface area contributed by atoms with Gasteiger partial charge in [0.25, 0.3) is 0 Å². The highest BCUT2D eigenvalue weighted by molar-refractivity contribution is 5.78. The van der Waals surface area contributed by atoms with Crippen LogP contribution in [-0.4, -0.2) is 74.9 Å². The second kappa shape index (κ2) is 7.61. The first kappa shape index (κ1) is 17.4. The van der Waals surface area contributed by atoms with E-state index in [-0.39, 0.29) is 18.4 Å². The van der Waals surface area contributed by atoms with Crippen molar-refractivity contribution in [1.29, 1.82) is 0 Å². The summed E-state index contributed by atoms with van der Waals surface area (Å²) in [4.78, 5) is 16.6. The van der Waals surface area contributed by atoms with Gasteiger partial charge in [0.1, 0.15) is 11.6 Å². The highest BCUT2D eigenvalue weighted by Gasteiger charge is 2.32. The van der Waals surface area contributed by atoms with Crippen LogP contribution in [0.2, 0.25) is 0 Å². The molecule has 1 aromatic rings. The van der Waals surface area contributed by atoms with Crippen molar-refractivity contribution in [2.75, 3.05) is 39.3 Å². The highest BCUT2D eigenvalue weighted by atomic mass is 16.3. The van der Waals surface area contributed by atoms with Crippen LogP contribution in [-0.2, 0) is 17.8 Å². The zero-order valence-corrected chi connectivity index (χ0v) is 14.8. The molecule has 2 aliphatic rings. The molecule has 3 heterocycles. The molecule has 0 spiro atoms. The predicted molar refractivity (Wildman–Crippen MR) is 90.6 cm³/mol. The molecule has 134 valence electrons. The van der Waals surface area contributed by atoms with Crippen molar-refractivity contribution >= 4 is 5.91 Å². The van der Waals surface area contributed by atoms with Crippen LogP contribution in [0.25, 0.3) is 0 Å². The third-order valence-electron chi connectivity index (χ3n) is 5.14. The number of rotatable bonds is 5. The van der Waals surface area contributed by atoms with Gasteiger partial charge in [0.2, 0.25) is 5.91 Å². The van der Waals surface area contributed by atoms with Crippen LogP contribution >= 0.6 is 0 Å². The summed E-state index contributed by atoms with van der Waals surface area (Å²) in [7, 11) is 0. The van der Waals surface area contributed by atoms with E-state index in [1.807, 2.05) is 18.7 Å². The molecule has 1 aromatic heterocycles. The van der Waals surface area contributed by atoms with Crippen LogP contribution in [0.3, 0.4) is 0 Å². The second-order valence-electron chi connectivity index (χ2n) is 7.22. The number of hydrogen-bond acceptors (Lipinski definition) is 5. The number of aliphatic hydroxyl groups excluding tert-OH is 1. The number of likely N-dealkylation sites (tertiary alicyclic amines) is 1. The second-order valence-corrected chi connectivity index (χ2v) is 7.22. The molecule has 0 saturated carbocycles. The van der Waals surface area contributed by atoms with E-state index in [1.54, 1.807) is 0 Å². The number of aromatic nitrogens is 3. The lowest BCUT2D eigenvalue weighted by Crippen LogP contribution is -2.32.